The van der Waals surface area contributed by atoms with Crippen molar-refractivity contribution in [3.05, 3.63) is 83.4 Å². The fraction of sp³-hybridized carbons (Fsp3) is 0.273. The molecule has 5 heteroatoms. The third-order valence-corrected chi connectivity index (χ3v) is 5.44. The maximum atomic E-state index is 13.2. The smallest absolute Gasteiger partial charge is 0.231 e. The zero-order chi connectivity index (χ0) is 19.0. The van der Waals surface area contributed by atoms with Crippen molar-refractivity contribution in [2.75, 3.05) is 0 Å². The third kappa shape index (κ3) is 3.14. The van der Waals surface area contributed by atoms with Crippen LogP contribution in [0.15, 0.2) is 60.8 Å². The van der Waals surface area contributed by atoms with E-state index in [1.54, 1.807) is 23.0 Å². The monoisotopic (exact) mass is 363 g/mol. The average Bonchev–Trinajstić information content (AvgIpc) is 3.41. The molecule has 1 fully saturated rings. The first-order chi connectivity index (χ1) is 13.0. The van der Waals surface area contributed by atoms with Crippen LogP contribution < -0.4 is 5.32 Å². The first kappa shape index (κ1) is 17.5. The highest BCUT2D eigenvalue weighted by Crippen LogP contribution is 2.48. The van der Waals surface area contributed by atoms with E-state index in [1.807, 2.05) is 44.2 Å². The number of amides is 1. The van der Waals surface area contributed by atoms with Crippen LogP contribution in [0, 0.1) is 12.7 Å². The van der Waals surface area contributed by atoms with E-state index in [0.29, 0.717) is 0 Å². The molecular weight excluding hydrogens is 341 g/mol. The van der Waals surface area contributed by atoms with Crippen molar-refractivity contribution >= 4 is 5.91 Å². The molecule has 0 radical (unpaired) electrons. The summed E-state index contributed by atoms with van der Waals surface area (Å²) in [4.78, 5) is 13.0. The summed E-state index contributed by atoms with van der Waals surface area (Å²) in [6, 6.07) is 16.0. The number of aromatic nitrogens is 2. The van der Waals surface area contributed by atoms with Gasteiger partial charge in [0.15, 0.2) is 0 Å². The number of carbonyl (C=O) groups is 1. The number of carbonyl (C=O) groups excluding carboxylic acids is 1. The summed E-state index contributed by atoms with van der Waals surface area (Å²) >= 11 is 0. The number of hydrogen-bond acceptors (Lipinski definition) is 2. The molecule has 1 unspecified atom stereocenters. The molecule has 2 aromatic carbocycles. The second-order valence-electron chi connectivity index (χ2n) is 7.22. The van der Waals surface area contributed by atoms with Gasteiger partial charge in [0.2, 0.25) is 5.91 Å². The zero-order valence-corrected chi connectivity index (χ0v) is 15.4. The summed E-state index contributed by atoms with van der Waals surface area (Å²) in [6.45, 7) is 3.93. The lowest BCUT2D eigenvalue weighted by Gasteiger charge is -2.20. The minimum atomic E-state index is -0.392. The molecule has 0 spiro atoms. The Kier molecular flexibility index (Phi) is 4.30. The number of rotatable bonds is 5. The molecule has 0 aliphatic heterocycles. The molecule has 3 aromatic rings. The van der Waals surface area contributed by atoms with Gasteiger partial charge in [0.05, 0.1) is 23.3 Å². The Hall–Kier alpha value is -2.95. The van der Waals surface area contributed by atoms with Gasteiger partial charge in [-0.3, -0.25) is 4.79 Å². The van der Waals surface area contributed by atoms with E-state index in [1.165, 1.54) is 12.1 Å². The van der Waals surface area contributed by atoms with Crippen molar-refractivity contribution in [3.8, 4) is 5.69 Å². The molecule has 138 valence electrons. The first-order valence-electron chi connectivity index (χ1n) is 9.18. The Morgan fingerprint density at radius 1 is 1.15 bits per heavy atom. The molecule has 4 nitrogen and oxygen atoms in total. The molecule has 1 aromatic heterocycles. The van der Waals surface area contributed by atoms with Crippen LogP contribution in [0.2, 0.25) is 0 Å². The van der Waals surface area contributed by atoms with Gasteiger partial charge in [0.25, 0.3) is 0 Å². The minimum Gasteiger partial charge on any atom is -0.349 e. The lowest BCUT2D eigenvalue weighted by atomic mass is 9.94. The molecule has 1 N–H and O–H groups in total. The number of nitrogens with zero attached hydrogens (tertiary/aromatic N) is 2. The van der Waals surface area contributed by atoms with Crippen LogP contribution in [0.4, 0.5) is 4.39 Å². The van der Waals surface area contributed by atoms with Gasteiger partial charge in [0, 0.05) is 11.3 Å². The Labute approximate surface area is 158 Å². The molecule has 0 bridgehead atoms. The summed E-state index contributed by atoms with van der Waals surface area (Å²) in [7, 11) is 0. The van der Waals surface area contributed by atoms with E-state index in [0.717, 1.165) is 35.3 Å². The molecule has 1 saturated carbocycles. The molecule has 1 heterocycles. The lowest BCUT2D eigenvalue weighted by Crippen LogP contribution is -2.36. The molecular formula is C22H22FN3O. The summed E-state index contributed by atoms with van der Waals surface area (Å²) < 4.78 is 14.9. The quantitative estimate of drug-likeness (QED) is 0.737. The van der Waals surface area contributed by atoms with Gasteiger partial charge < -0.3 is 5.32 Å². The largest absolute Gasteiger partial charge is 0.349 e. The van der Waals surface area contributed by atoms with E-state index >= 15 is 0 Å². The maximum Gasteiger partial charge on any atom is 0.231 e. The van der Waals surface area contributed by atoms with Crippen LogP contribution in [0.5, 0.6) is 0 Å². The molecule has 1 amide bonds. The molecule has 1 aliphatic carbocycles. The van der Waals surface area contributed by atoms with Crippen LogP contribution in [0.3, 0.4) is 0 Å². The summed E-state index contributed by atoms with van der Waals surface area (Å²) in [6.07, 6.45) is 3.53. The van der Waals surface area contributed by atoms with E-state index in [4.69, 9.17) is 0 Å². The predicted octanol–water partition coefficient (Wildman–Crippen LogP) is 4.23. The van der Waals surface area contributed by atoms with Gasteiger partial charge in [0.1, 0.15) is 5.82 Å². The Morgan fingerprint density at radius 3 is 2.44 bits per heavy atom. The summed E-state index contributed by atoms with van der Waals surface area (Å²) in [5.41, 5.74) is 3.36. The molecule has 1 aliphatic rings. The van der Waals surface area contributed by atoms with Gasteiger partial charge in [-0.05, 0) is 56.5 Å². The normalized spacial score (nSPS) is 16.0. The standard InChI is InChI=1S/C22H22FN3O/c1-15(25-21(27)22(12-13-22)17-6-4-3-5-7-17)20-14-24-26(16(20)2)19-10-8-18(23)9-11-19/h3-11,14-15H,12-13H2,1-2H3,(H,25,27). The van der Waals surface area contributed by atoms with Crippen LogP contribution in [-0.4, -0.2) is 15.7 Å². The number of nitrogens with one attached hydrogen (secondary N) is 1. The lowest BCUT2D eigenvalue weighted by molar-refractivity contribution is -0.124. The molecule has 1 atom stereocenters. The Morgan fingerprint density at radius 2 is 1.81 bits per heavy atom. The molecule has 4 rings (SSSR count). The highest BCUT2D eigenvalue weighted by molar-refractivity contribution is 5.91. The third-order valence-electron chi connectivity index (χ3n) is 5.44. The van der Waals surface area contributed by atoms with Crippen molar-refractivity contribution < 1.29 is 9.18 Å². The highest BCUT2D eigenvalue weighted by atomic mass is 19.1. The predicted molar refractivity (Wildman–Crippen MR) is 102 cm³/mol. The van der Waals surface area contributed by atoms with Gasteiger partial charge in [-0.25, -0.2) is 9.07 Å². The van der Waals surface area contributed by atoms with Crippen molar-refractivity contribution in [1.82, 2.24) is 15.1 Å². The maximum absolute atomic E-state index is 13.2. The van der Waals surface area contributed by atoms with E-state index < -0.39 is 5.41 Å². The molecule has 27 heavy (non-hydrogen) atoms. The van der Waals surface area contributed by atoms with E-state index in [-0.39, 0.29) is 17.8 Å². The number of hydrogen-bond donors (Lipinski definition) is 1. The topological polar surface area (TPSA) is 46.9 Å². The average molecular weight is 363 g/mol. The minimum absolute atomic E-state index is 0.0649. The Balaban J connectivity index is 1.53. The van der Waals surface area contributed by atoms with Crippen molar-refractivity contribution in [1.29, 1.82) is 0 Å². The van der Waals surface area contributed by atoms with Crippen LogP contribution in [0.25, 0.3) is 5.69 Å². The second kappa shape index (κ2) is 6.65. The SMILES string of the molecule is Cc1c(C(C)NC(=O)C2(c3ccccc3)CC2)cnn1-c1ccc(F)cc1. The van der Waals surface area contributed by atoms with Crippen molar-refractivity contribution in [3.63, 3.8) is 0 Å². The highest BCUT2D eigenvalue weighted by Gasteiger charge is 2.51. The van der Waals surface area contributed by atoms with E-state index in [2.05, 4.69) is 10.4 Å². The van der Waals surface area contributed by atoms with Crippen LogP contribution in [-0.2, 0) is 10.2 Å². The van der Waals surface area contributed by atoms with Gasteiger partial charge in [-0.2, -0.15) is 5.10 Å². The van der Waals surface area contributed by atoms with Gasteiger partial charge in [-0.1, -0.05) is 30.3 Å². The summed E-state index contributed by atoms with van der Waals surface area (Å²) in [5.74, 6) is -0.213. The second-order valence-corrected chi connectivity index (χ2v) is 7.22. The Bertz CT molecular complexity index is 959. The summed E-state index contributed by atoms with van der Waals surface area (Å²) in [5, 5.41) is 7.58. The fourth-order valence-electron chi connectivity index (χ4n) is 3.63. The van der Waals surface area contributed by atoms with Gasteiger partial charge >= 0.3 is 0 Å². The fourth-order valence-corrected chi connectivity index (χ4v) is 3.63. The van der Waals surface area contributed by atoms with Crippen molar-refractivity contribution in [2.24, 2.45) is 0 Å². The molecule has 0 saturated heterocycles. The number of halogens is 1. The first-order valence-corrected chi connectivity index (χ1v) is 9.18. The van der Waals surface area contributed by atoms with Crippen LogP contribution >= 0.6 is 0 Å². The van der Waals surface area contributed by atoms with Gasteiger partial charge in [-0.15, -0.1) is 0 Å². The zero-order valence-electron chi connectivity index (χ0n) is 15.4. The number of benzene rings is 2. The van der Waals surface area contributed by atoms with Crippen LogP contribution in [0.1, 0.15) is 42.6 Å². The van der Waals surface area contributed by atoms with Crippen molar-refractivity contribution in [2.45, 2.75) is 38.1 Å². The van der Waals surface area contributed by atoms with E-state index in [9.17, 15) is 9.18 Å².